The molecule has 6 heteroatoms. The number of para-hydroxylation sites is 2. The maximum absolute atomic E-state index is 8.69. The third kappa shape index (κ3) is 7.78. The molecule has 12 rings (SSSR count). The van der Waals surface area contributed by atoms with Gasteiger partial charge in [0.05, 0.1) is 0 Å². The van der Waals surface area contributed by atoms with E-state index >= 15 is 0 Å². The number of rotatable bonds is 8. The summed E-state index contributed by atoms with van der Waals surface area (Å²) in [7, 11) is 0. The van der Waals surface area contributed by atoms with Crippen LogP contribution in [0.1, 0.15) is 60.5 Å². The Morgan fingerprint density at radius 1 is 0.571 bits per heavy atom. The predicted octanol–water partition coefficient (Wildman–Crippen LogP) is 16.5. The molecule has 0 saturated carbocycles. The Bertz CT molecular complexity index is 3920. The van der Waals surface area contributed by atoms with Crippen molar-refractivity contribution < 1.29 is 28.2 Å². The van der Waals surface area contributed by atoms with Crippen LogP contribution in [0.25, 0.3) is 83.4 Å². The van der Waals surface area contributed by atoms with Gasteiger partial charge in [0.15, 0.2) is 0 Å². The van der Waals surface area contributed by atoms with Crippen molar-refractivity contribution in [3.63, 3.8) is 0 Å². The summed E-state index contributed by atoms with van der Waals surface area (Å²) in [5, 5.41) is 2.17. The van der Waals surface area contributed by atoms with Gasteiger partial charge < -0.3 is 0 Å². The Labute approximate surface area is 424 Å². The zero-order valence-corrected chi connectivity index (χ0v) is 42.0. The van der Waals surface area contributed by atoms with Crippen molar-refractivity contribution in [2.45, 2.75) is 59.2 Å². The van der Waals surface area contributed by atoms with Crippen molar-refractivity contribution >= 4 is 32.8 Å². The van der Waals surface area contributed by atoms with Gasteiger partial charge in [-0.25, -0.2) is 0 Å². The van der Waals surface area contributed by atoms with Gasteiger partial charge in [-0.1, -0.05) is 37.3 Å². The molecule has 0 saturated heterocycles. The van der Waals surface area contributed by atoms with E-state index in [1.165, 1.54) is 16.7 Å². The number of pyridine rings is 1. The minimum absolute atomic E-state index is 0.0917. The van der Waals surface area contributed by atoms with Crippen molar-refractivity contribution in [3.8, 4) is 62.1 Å². The summed E-state index contributed by atoms with van der Waals surface area (Å²) >= 11 is 2.50. The smallest absolute Gasteiger partial charge is 0.0622 e. The van der Waals surface area contributed by atoms with Crippen molar-refractivity contribution in [1.29, 1.82) is 0 Å². The number of aromatic nitrogens is 4. The number of benzene rings is 8. The van der Waals surface area contributed by atoms with E-state index in [9.17, 15) is 0 Å². The quantitative estimate of drug-likeness (QED) is 0.152. The minimum Gasteiger partial charge on any atom is -0.0622 e. The number of imidazole rings is 1. The molecule has 3 aromatic heterocycles. The first-order chi connectivity index (χ1) is 35.3. The average molecular weight is 1090 g/mol. The normalized spacial score (nSPS) is 14.7. The standard InChI is InChI=1S/C64H54N4O.Pt/c1-42-28-29-47-35-60-56(34-48(47)32-42)53-31-30-52(39-61(53)68(60)62-33-43(2)57(40-65-62)46-22-13-8-14-23-46)69-51-25-17-24-50(38-51)66-41-67(59-27-16-15-26-58(59)66)63-54(44-18-9-6-10-19-44)36-49(64(3,4)5)37-55(63)45-20-11-7-12-21-45;/h6-27,30-31,33-40,42H,28-29,32H2,1-5H3;/i2D3;. The van der Waals surface area contributed by atoms with Crippen molar-refractivity contribution in [2.75, 3.05) is 0 Å². The van der Waals surface area contributed by atoms with Crippen LogP contribution in [-0.2, 0) is 37.6 Å². The van der Waals surface area contributed by atoms with Gasteiger partial charge >= 0.3 is 320 Å². The van der Waals surface area contributed by atoms with E-state index < -0.39 is 6.85 Å². The van der Waals surface area contributed by atoms with Crippen LogP contribution in [0.2, 0.25) is 0 Å². The maximum atomic E-state index is 8.69. The van der Waals surface area contributed by atoms with Gasteiger partial charge in [0.2, 0.25) is 0 Å². The fourth-order valence-corrected chi connectivity index (χ4v) is 11.6. The van der Waals surface area contributed by atoms with Crippen LogP contribution in [0, 0.1) is 16.6 Å². The van der Waals surface area contributed by atoms with Crippen LogP contribution in [0.15, 0.2) is 194 Å². The predicted molar refractivity (Wildman–Crippen MR) is 285 cm³/mol. The minimum atomic E-state index is -2.37. The molecule has 5 nitrogen and oxygen atoms in total. The number of hydrogen-bond donors (Lipinski definition) is 0. The molecular weight excluding hydrogens is 1040 g/mol. The van der Waals surface area contributed by atoms with Gasteiger partial charge in [0, 0.05) is 15.9 Å². The van der Waals surface area contributed by atoms with E-state index in [0.717, 1.165) is 95.1 Å². The van der Waals surface area contributed by atoms with Crippen molar-refractivity contribution in [1.82, 2.24) is 18.7 Å². The topological polar surface area (TPSA) is 36.9 Å². The summed E-state index contributed by atoms with van der Waals surface area (Å²) in [6, 6.07) is 65.5. The first-order valence-electron chi connectivity index (χ1n) is 25.7. The molecule has 1 atom stereocenters. The second-order valence-electron chi connectivity index (χ2n) is 19.9. The Morgan fingerprint density at radius 3 is 1.84 bits per heavy atom. The van der Waals surface area contributed by atoms with Gasteiger partial charge in [-0.15, -0.1) is 0 Å². The summed E-state index contributed by atoms with van der Waals surface area (Å²) in [4.78, 5) is 5.04. The first-order valence-corrected chi connectivity index (χ1v) is 25.3. The molecular formula is C64H54N4OPt. The summed E-state index contributed by atoms with van der Waals surface area (Å²) < 4.78 is 40.8. The van der Waals surface area contributed by atoms with Crippen LogP contribution in [0.4, 0.5) is 0 Å². The number of hydrogen-bond acceptors (Lipinski definition) is 2. The monoisotopic (exact) mass is 1090 g/mol. The Hall–Kier alpha value is -7.33. The van der Waals surface area contributed by atoms with E-state index in [-0.39, 0.29) is 11.0 Å². The molecule has 1 aliphatic carbocycles. The molecule has 8 aromatic carbocycles. The van der Waals surface area contributed by atoms with Gasteiger partial charge in [-0.3, -0.25) is 0 Å². The zero-order valence-electron chi connectivity index (χ0n) is 42.7. The van der Waals surface area contributed by atoms with Crippen molar-refractivity contribution in [2.24, 2.45) is 5.92 Å². The summed E-state index contributed by atoms with van der Waals surface area (Å²) in [5.74, 6) is 2.50. The van der Waals surface area contributed by atoms with Crippen LogP contribution in [-0.4, -0.2) is 18.7 Å². The molecule has 1 aliphatic rings. The van der Waals surface area contributed by atoms with E-state index in [0.29, 0.717) is 28.8 Å². The van der Waals surface area contributed by atoms with Crippen LogP contribution < -0.4 is 4.74 Å². The molecule has 1 unspecified atom stereocenters. The molecule has 70 heavy (non-hydrogen) atoms. The van der Waals surface area contributed by atoms with E-state index in [2.05, 4.69) is 200 Å². The molecule has 0 amide bonds. The summed E-state index contributed by atoms with van der Waals surface area (Å²) in [5.41, 5.74) is 16.3. The zero-order chi connectivity index (χ0) is 50.2. The molecule has 346 valence electrons. The van der Waals surface area contributed by atoms with E-state index in [4.69, 9.17) is 13.8 Å². The number of nitrogens with zero attached hydrogens (tertiary/aromatic N) is 4. The van der Waals surface area contributed by atoms with Gasteiger partial charge in [0.25, 0.3) is 0 Å². The van der Waals surface area contributed by atoms with Gasteiger partial charge in [-0.05, 0) is 54.3 Å². The molecule has 0 N–H and O–H groups in total. The van der Waals surface area contributed by atoms with Crippen LogP contribution in [0.5, 0.6) is 11.5 Å². The molecule has 0 aliphatic heterocycles. The van der Waals surface area contributed by atoms with E-state index in [1.54, 1.807) is 12.3 Å². The van der Waals surface area contributed by atoms with E-state index in [1.807, 2.05) is 42.5 Å². The Morgan fingerprint density at radius 2 is 1.19 bits per heavy atom. The number of ether oxygens (including phenoxy) is 1. The number of fused-ring (bicyclic) bond motifs is 5. The molecule has 0 bridgehead atoms. The Balaban J connectivity index is 1.01. The van der Waals surface area contributed by atoms with Crippen LogP contribution >= 0.6 is 0 Å². The summed E-state index contributed by atoms with van der Waals surface area (Å²) in [6.07, 6.45) is 4.89. The fourth-order valence-electron chi connectivity index (χ4n) is 10.5. The average Bonchev–Trinajstić information content (AvgIpc) is 3.87. The summed E-state index contributed by atoms with van der Waals surface area (Å²) in [6.45, 7) is 6.81. The number of aryl methyl sites for hydroxylation is 2. The molecule has 0 radical (unpaired) electrons. The van der Waals surface area contributed by atoms with Gasteiger partial charge in [-0.2, -0.15) is 0 Å². The SMILES string of the molecule is [2H]C([2H])([2H])c1cc(-n2c3cc(Oc4cccc(-n5[c](=[Pt])n(-c6c(-c7ccccc7)cc(C(C)(C)C)cc6-c6ccccc6)c6ccccc65)c4)ccc3c3cc4c(cc32)CCC(C)C4)ncc1-c1ccccc1. The second-order valence-corrected chi connectivity index (χ2v) is 20.9. The second kappa shape index (κ2) is 17.6. The molecule has 0 fully saturated rings. The van der Waals surface area contributed by atoms with Gasteiger partial charge in [0.1, 0.15) is 0 Å². The molecule has 0 spiro atoms. The fraction of sp³-hybridized carbons (Fsp3) is 0.156. The third-order valence-electron chi connectivity index (χ3n) is 14.1. The molecule has 11 aromatic rings. The van der Waals surface area contributed by atoms with Crippen LogP contribution in [0.3, 0.4) is 0 Å². The Kier molecular flexibility index (Phi) is 10.2. The van der Waals surface area contributed by atoms with Crippen molar-refractivity contribution in [3.05, 3.63) is 220 Å². The first kappa shape index (κ1) is 40.5. The molecule has 3 heterocycles. The third-order valence-corrected chi connectivity index (χ3v) is 15.1.